The van der Waals surface area contributed by atoms with Gasteiger partial charge in [0, 0.05) is 31.5 Å². The Kier molecular flexibility index (Phi) is 7.66. The summed E-state index contributed by atoms with van der Waals surface area (Å²) in [4.78, 5) is 16.5. The monoisotopic (exact) mass is 591 g/mol. The minimum Gasteiger partial charge on any atom is -0.394 e. The first-order valence-corrected chi connectivity index (χ1v) is 16.9. The number of ketones is 1. The molecule has 0 aromatic carbocycles. The first-order chi connectivity index (χ1) is 19.9. The maximum atomic E-state index is 13.9. The molecule has 0 spiro atoms. The Labute approximate surface area is 249 Å². The van der Waals surface area contributed by atoms with Crippen LogP contribution in [0.15, 0.2) is 0 Å². The summed E-state index contributed by atoms with van der Waals surface area (Å²) >= 11 is 0. The first-order valence-electron chi connectivity index (χ1n) is 16.9. The summed E-state index contributed by atoms with van der Waals surface area (Å²) in [5, 5.41) is 52.4. The summed E-state index contributed by atoms with van der Waals surface area (Å²) in [6.45, 7) is 8.49. The van der Waals surface area contributed by atoms with Crippen LogP contribution in [0.2, 0.25) is 0 Å². The van der Waals surface area contributed by atoms with Gasteiger partial charge in [0.15, 0.2) is 6.29 Å². The van der Waals surface area contributed by atoms with E-state index >= 15 is 0 Å². The molecule has 3 saturated heterocycles. The van der Waals surface area contributed by atoms with Gasteiger partial charge < -0.3 is 35.0 Å². The quantitative estimate of drug-likeness (QED) is 0.310. The summed E-state index contributed by atoms with van der Waals surface area (Å²) in [7, 11) is 0. The number of aliphatic hydroxyl groups is 5. The standard InChI is InChI=1S/C33H53NO8/c1-16-4-7-27-33(3,40)22-6-5-18-19(21(22)14-34(27)13-16)11-23-20(18)12-25(36)24-10-17(8-9-32(23,24)2)41-31-30(39)29(38)28(37)26(15-35)42-31/h16-24,26-31,35,37-40H,4-15H2,1-3H3/t16-,17+,18-,19+,20-,21+,22-,23-,24-,26+,27+,28-,29-,30-,31+,32-,33+/m1/s1. The number of nitrogens with zero attached hydrogens (tertiary/aromatic N) is 1. The lowest BCUT2D eigenvalue weighted by molar-refractivity contribution is -0.315. The van der Waals surface area contributed by atoms with Crippen LogP contribution in [0.1, 0.15) is 78.6 Å². The molecule has 5 N–H and O–H groups in total. The zero-order valence-corrected chi connectivity index (χ0v) is 25.6. The van der Waals surface area contributed by atoms with Gasteiger partial charge >= 0.3 is 0 Å². The van der Waals surface area contributed by atoms with Crippen molar-refractivity contribution in [1.29, 1.82) is 0 Å². The molecule has 7 fully saturated rings. The summed E-state index contributed by atoms with van der Waals surface area (Å²) in [5.41, 5.74) is -0.745. The molecular formula is C33H53NO8. The molecule has 17 atom stereocenters. The van der Waals surface area contributed by atoms with Gasteiger partial charge in [0.1, 0.15) is 30.2 Å². The summed E-state index contributed by atoms with van der Waals surface area (Å²) < 4.78 is 11.8. The van der Waals surface area contributed by atoms with Gasteiger partial charge in [-0.25, -0.2) is 0 Å². The minimum atomic E-state index is -1.47. The summed E-state index contributed by atoms with van der Waals surface area (Å²) in [6, 6.07) is 0.276. The van der Waals surface area contributed by atoms with Crippen LogP contribution in [0.3, 0.4) is 0 Å². The average molecular weight is 592 g/mol. The van der Waals surface area contributed by atoms with E-state index in [9.17, 15) is 30.3 Å². The Hall–Kier alpha value is -0.650. The molecule has 7 aliphatic rings. The zero-order chi connectivity index (χ0) is 29.7. The SMILES string of the molecule is C[C@@H]1CC[C@@H]2N(C1)C[C@H]1[C@H]3C[C@@H]4[C@H](CC(=O)[C@H]5C[C@@H](O[C@H]6O[C@@H](CO)[C@@H](O)[C@@H](O)[C@H]6O)CC[C@@]54C)[C@@H]3CC[C@H]1[C@]2(C)O. The van der Waals surface area contributed by atoms with Crippen LogP contribution in [0.4, 0.5) is 0 Å². The smallest absolute Gasteiger partial charge is 0.186 e. The van der Waals surface area contributed by atoms with Gasteiger partial charge in [-0.2, -0.15) is 0 Å². The van der Waals surface area contributed by atoms with Gasteiger partial charge in [0.25, 0.3) is 0 Å². The Morgan fingerprint density at radius 1 is 0.905 bits per heavy atom. The van der Waals surface area contributed by atoms with E-state index in [2.05, 4.69) is 25.7 Å². The number of carbonyl (C=O) groups is 1. The molecule has 4 aliphatic carbocycles. The van der Waals surface area contributed by atoms with Gasteiger partial charge in [0.05, 0.1) is 18.3 Å². The molecule has 3 aliphatic heterocycles. The van der Waals surface area contributed by atoms with E-state index in [0.717, 1.165) is 51.6 Å². The molecule has 0 aromatic heterocycles. The van der Waals surface area contributed by atoms with Crippen molar-refractivity contribution in [2.24, 2.45) is 52.8 Å². The fourth-order valence-corrected chi connectivity index (χ4v) is 11.8. The highest BCUT2D eigenvalue weighted by atomic mass is 16.7. The van der Waals surface area contributed by atoms with Crippen molar-refractivity contribution in [3.05, 3.63) is 0 Å². The Bertz CT molecular complexity index is 1040. The van der Waals surface area contributed by atoms with Gasteiger partial charge in [-0.05, 0) is 105 Å². The van der Waals surface area contributed by atoms with Crippen LogP contribution < -0.4 is 0 Å². The molecule has 0 aromatic rings. The van der Waals surface area contributed by atoms with Gasteiger partial charge in [-0.15, -0.1) is 0 Å². The van der Waals surface area contributed by atoms with Gasteiger partial charge in [-0.3, -0.25) is 9.69 Å². The van der Waals surface area contributed by atoms with E-state index in [1.165, 1.54) is 6.42 Å². The molecule has 42 heavy (non-hydrogen) atoms. The molecule has 0 amide bonds. The zero-order valence-electron chi connectivity index (χ0n) is 25.6. The van der Waals surface area contributed by atoms with Crippen molar-refractivity contribution in [3.8, 4) is 0 Å². The number of Topliss-reactive ketones (excluding diaryl/α,β-unsaturated/α-hetero) is 1. The number of fused-ring (bicyclic) bond motifs is 8. The number of hydrogen-bond acceptors (Lipinski definition) is 9. The Morgan fingerprint density at radius 3 is 2.45 bits per heavy atom. The molecule has 0 bridgehead atoms. The van der Waals surface area contributed by atoms with E-state index in [1.807, 2.05) is 0 Å². The molecular weight excluding hydrogens is 538 g/mol. The number of aliphatic hydroxyl groups excluding tert-OH is 4. The lowest BCUT2D eigenvalue weighted by Gasteiger charge is -2.59. The predicted molar refractivity (Wildman–Crippen MR) is 153 cm³/mol. The van der Waals surface area contributed by atoms with Crippen molar-refractivity contribution >= 4 is 5.78 Å². The fourth-order valence-electron chi connectivity index (χ4n) is 11.8. The van der Waals surface area contributed by atoms with E-state index in [4.69, 9.17) is 9.47 Å². The lowest BCUT2D eigenvalue weighted by atomic mass is 9.51. The van der Waals surface area contributed by atoms with Crippen LogP contribution in [0.25, 0.3) is 0 Å². The molecule has 4 saturated carbocycles. The van der Waals surface area contributed by atoms with E-state index in [1.54, 1.807) is 0 Å². The second kappa shape index (κ2) is 10.7. The molecule has 3 heterocycles. The third-order valence-electron chi connectivity index (χ3n) is 14.0. The van der Waals surface area contributed by atoms with Crippen molar-refractivity contribution in [2.45, 2.75) is 127 Å². The highest BCUT2D eigenvalue weighted by Crippen LogP contribution is 2.66. The van der Waals surface area contributed by atoms with Gasteiger partial charge in [0.2, 0.25) is 0 Å². The van der Waals surface area contributed by atoms with Crippen molar-refractivity contribution < 1.29 is 39.8 Å². The van der Waals surface area contributed by atoms with Crippen LogP contribution in [-0.4, -0.2) is 104 Å². The Morgan fingerprint density at radius 2 is 1.69 bits per heavy atom. The van der Waals surface area contributed by atoms with Crippen molar-refractivity contribution in [2.75, 3.05) is 19.7 Å². The van der Waals surface area contributed by atoms with Crippen molar-refractivity contribution in [3.63, 3.8) is 0 Å². The third-order valence-corrected chi connectivity index (χ3v) is 14.0. The first kappa shape index (κ1) is 30.0. The summed E-state index contributed by atoms with van der Waals surface area (Å²) in [6.07, 6.45) is 1.67. The number of ether oxygens (including phenoxy) is 2. The van der Waals surface area contributed by atoms with E-state index in [0.29, 0.717) is 60.1 Å². The molecule has 0 radical (unpaired) electrons. The van der Waals surface area contributed by atoms with Crippen LogP contribution in [-0.2, 0) is 14.3 Å². The number of piperidine rings is 2. The molecule has 238 valence electrons. The van der Waals surface area contributed by atoms with Crippen LogP contribution in [0.5, 0.6) is 0 Å². The summed E-state index contributed by atoms with van der Waals surface area (Å²) in [5.74, 6) is 3.79. The number of hydrogen-bond donors (Lipinski definition) is 5. The maximum Gasteiger partial charge on any atom is 0.186 e. The van der Waals surface area contributed by atoms with E-state index < -0.39 is 42.9 Å². The highest BCUT2D eigenvalue weighted by Gasteiger charge is 2.64. The van der Waals surface area contributed by atoms with E-state index in [-0.39, 0.29) is 23.5 Å². The average Bonchev–Trinajstić information content (AvgIpc) is 3.33. The maximum absolute atomic E-state index is 13.9. The van der Waals surface area contributed by atoms with Crippen LogP contribution in [0, 0.1) is 52.8 Å². The fraction of sp³-hybridized carbons (Fsp3) is 0.970. The third kappa shape index (κ3) is 4.50. The highest BCUT2D eigenvalue weighted by molar-refractivity contribution is 5.83. The largest absolute Gasteiger partial charge is 0.394 e. The lowest BCUT2D eigenvalue weighted by Crippen LogP contribution is -2.67. The molecule has 0 unspecified atom stereocenters. The predicted octanol–water partition coefficient (Wildman–Crippen LogP) is 1.71. The van der Waals surface area contributed by atoms with Gasteiger partial charge in [-0.1, -0.05) is 13.8 Å². The second-order valence-electron chi connectivity index (χ2n) is 16.0. The molecule has 9 nitrogen and oxygen atoms in total. The molecule has 7 rings (SSSR count). The normalized spacial score (nSPS) is 57.9. The minimum absolute atomic E-state index is 0.0958. The van der Waals surface area contributed by atoms with Crippen LogP contribution >= 0.6 is 0 Å². The number of rotatable bonds is 3. The molecule has 9 heteroatoms. The van der Waals surface area contributed by atoms with Crippen molar-refractivity contribution in [1.82, 2.24) is 4.90 Å². The topological polar surface area (TPSA) is 140 Å². The Balaban J connectivity index is 1.07. The number of carbonyl (C=O) groups excluding carboxylic acids is 1. The second-order valence-corrected chi connectivity index (χ2v) is 16.0.